The van der Waals surface area contributed by atoms with Gasteiger partial charge in [0, 0.05) is 5.57 Å². The molecule has 1 rings (SSSR count). The highest BCUT2D eigenvalue weighted by Gasteiger charge is 1.96. The molecular weight excluding hydrogens is 136 g/mol. The van der Waals surface area contributed by atoms with Gasteiger partial charge < -0.3 is 0 Å². The molecule has 0 aliphatic rings. The Labute approximate surface area is 66.4 Å². The molecule has 0 aromatic heterocycles. The van der Waals surface area contributed by atoms with Gasteiger partial charge in [0.05, 0.1) is 0 Å². The van der Waals surface area contributed by atoms with Crippen molar-refractivity contribution >= 4 is 11.9 Å². The van der Waals surface area contributed by atoms with Gasteiger partial charge in [-0.3, -0.25) is 4.79 Å². The van der Waals surface area contributed by atoms with Crippen LogP contribution in [0.5, 0.6) is 0 Å². The fourth-order valence-corrected chi connectivity index (χ4v) is 0.902. The first-order valence-electron chi connectivity index (χ1n) is 3.48. The van der Waals surface area contributed by atoms with E-state index in [1.807, 2.05) is 43.5 Å². The van der Waals surface area contributed by atoms with Crippen molar-refractivity contribution in [1.29, 1.82) is 0 Å². The smallest absolute Gasteiger partial charge is 0.233 e. The highest BCUT2D eigenvalue weighted by molar-refractivity contribution is 6.07. The summed E-state index contributed by atoms with van der Waals surface area (Å²) in [5, 5.41) is 0. The third kappa shape index (κ3) is 1.77. The molecule has 0 saturated carbocycles. The van der Waals surface area contributed by atoms with E-state index in [4.69, 9.17) is 0 Å². The molecule has 1 aromatic rings. The van der Waals surface area contributed by atoms with Crippen LogP contribution in [0.1, 0.15) is 12.5 Å². The second-order valence-electron chi connectivity index (χ2n) is 2.17. The average Bonchev–Trinajstić information content (AvgIpc) is 2.09. The fourth-order valence-electron chi connectivity index (χ4n) is 0.902. The Morgan fingerprint density at radius 1 is 1.36 bits per heavy atom. The van der Waals surface area contributed by atoms with Gasteiger partial charge in [-0.15, -0.1) is 0 Å². The van der Waals surface area contributed by atoms with Crippen LogP contribution in [0.2, 0.25) is 0 Å². The van der Waals surface area contributed by atoms with E-state index in [2.05, 4.69) is 0 Å². The molecule has 0 spiro atoms. The highest BCUT2D eigenvalue weighted by atomic mass is 16.1. The second-order valence-corrected chi connectivity index (χ2v) is 2.17. The van der Waals surface area contributed by atoms with Gasteiger partial charge in [-0.25, -0.2) is 0 Å². The van der Waals surface area contributed by atoms with Crippen molar-refractivity contribution in [3.63, 3.8) is 0 Å². The number of rotatable bonds is 2. The predicted octanol–water partition coefficient (Wildman–Crippen LogP) is 2.20. The number of hydrogen-bond acceptors (Lipinski definition) is 1. The fraction of sp³-hybridized carbons (Fsp3) is 0.100. The van der Waals surface area contributed by atoms with Crippen molar-refractivity contribution in [1.82, 2.24) is 0 Å². The van der Waals surface area contributed by atoms with Crippen molar-refractivity contribution in [2.45, 2.75) is 6.92 Å². The Morgan fingerprint density at radius 3 is 2.45 bits per heavy atom. The van der Waals surface area contributed by atoms with Crippen LogP contribution in [-0.4, -0.2) is 6.29 Å². The molecule has 0 amide bonds. The van der Waals surface area contributed by atoms with Gasteiger partial charge in [0.25, 0.3) is 0 Å². The highest BCUT2D eigenvalue weighted by Crippen LogP contribution is 2.09. The van der Waals surface area contributed by atoms with Crippen molar-refractivity contribution in [2.24, 2.45) is 0 Å². The van der Waals surface area contributed by atoms with E-state index in [1.54, 1.807) is 6.08 Å². The van der Waals surface area contributed by atoms with Crippen LogP contribution in [0.15, 0.2) is 36.4 Å². The minimum atomic E-state index is 0.616. The van der Waals surface area contributed by atoms with Crippen molar-refractivity contribution in [2.75, 3.05) is 0 Å². The van der Waals surface area contributed by atoms with E-state index >= 15 is 0 Å². The summed E-state index contributed by atoms with van der Waals surface area (Å²) in [4.78, 5) is 10.3. The zero-order valence-corrected chi connectivity index (χ0v) is 6.37. The van der Waals surface area contributed by atoms with Gasteiger partial charge in [-0.05, 0) is 12.5 Å². The van der Waals surface area contributed by atoms with Crippen LogP contribution in [-0.2, 0) is 4.79 Å². The lowest BCUT2D eigenvalue weighted by Gasteiger charge is -1.95. The molecule has 1 heteroatoms. The van der Waals surface area contributed by atoms with Crippen molar-refractivity contribution in [3.8, 4) is 0 Å². The van der Waals surface area contributed by atoms with Gasteiger partial charge in [0.15, 0.2) is 0 Å². The van der Waals surface area contributed by atoms with Gasteiger partial charge in [0.2, 0.25) is 6.29 Å². The lowest BCUT2D eigenvalue weighted by molar-refractivity contribution is 0.565. The molecule has 0 atom stereocenters. The van der Waals surface area contributed by atoms with Gasteiger partial charge in [-0.2, -0.15) is 0 Å². The first-order valence-corrected chi connectivity index (χ1v) is 3.48. The molecule has 0 heterocycles. The van der Waals surface area contributed by atoms with Crippen LogP contribution in [0.25, 0.3) is 5.57 Å². The standard InChI is InChI=1S/C10H9O/c1-2-9(8-11)10-6-4-3-5-7-10/h2-7H,1H3/b9-2-. The maximum absolute atomic E-state index is 10.3. The quantitative estimate of drug-likeness (QED) is 0.583. The Balaban J connectivity index is 3.01. The Bertz CT molecular complexity index is 259. The minimum absolute atomic E-state index is 0.616. The molecule has 55 valence electrons. The summed E-state index contributed by atoms with van der Waals surface area (Å²) in [6.07, 6.45) is 3.63. The number of benzene rings is 1. The minimum Gasteiger partial charge on any atom is -0.285 e. The summed E-state index contributed by atoms with van der Waals surface area (Å²) in [6, 6.07) is 9.49. The van der Waals surface area contributed by atoms with E-state index in [0.717, 1.165) is 5.56 Å². The zero-order chi connectivity index (χ0) is 8.10. The predicted molar refractivity (Wildman–Crippen MR) is 45.8 cm³/mol. The lowest BCUT2D eigenvalue weighted by atomic mass is 10.1. The zero-order valence-electron chi connectivity index (χ0n) is 6.37. The number of hydrogen-bond donors (Lipinski definition) is 0. The van der Waals surface area contributed by atoms with Gasteiger partial charge in [-0.1, -0.05) is 36.4 Å². The SMILES string of the molecule is C/C=C(/[C]=O)c1ccccc1. The molecule has 0 aliphatic carbocycles. The molecule has 0 unspecified atom stereocenters. The Kier molecular flexibility index (Phi) is 2.61. The summed E-state index contributed by atoms with van der Waals surface area (Å²) in [5.41, 5.74) is 1.54. The van der Waals surface area contributed by atoms with E-state index in [9.17, 15) is 4.79 Å². The first-order chi connectivity index (χ1) is 5.38. The molecule has 0 saturated heterocycles. The second kappa shape index (κ2) is 3.71. The Hall–Kier alpha value is -1.37. The first kappa shape index (κ1) is 7.73. The molecule has 0 fully saturated rings. The van der Waals surface area contributed by atoms with E-state index in [1.165, 1.54) is 0 Å². The van der Waals surface area contributed by atoms with Crippen LogP contribution >= 0.6 is 0 Å². The molecule has 11 heavy (non-hydrogen) atoms. The molecule has 1 nitrogen and oxygen atoms in total. The monoisotopic (exact) mass is 145 g/mol. The van der Waals surface area contributed by atoms with E-state index < -0.39 is 0 Å². The summed E-state index contributed by atoms with van der Waals surface area (Å²) < 4.78 is 0. The maximum Gasteiger partial charge on any atom is 0.233 e. The van der Waals surface area contributed by atoms with Crippen LogP contribution in [0, 0.1) is 0 Å². The largest absolute Gasteiger partial charge is 0.285 e. The maximum atomic E-state index is 10.3. The summed E-state index contributed by atoms with van der Waals surface area (Å²) in [5.74, 6) is 0. The molecule has 0 N–H and O–H groups in total. The van der Waals surface area contributed by atoms with Gasteiger partial charge >= 0.3 is 0 Å². The summed E-state index contributed by atoms with van der Waals surface area (Å²) in [6.45, 7) is 1.83. The third-order valence-electron chi connectivity index (χ3n) is 1.48. The van der Waals surface area contributed by atoms with Crippen LogP contribution in [0.3, 0.4) is 0 Å². The van der Waals surface area contributed by atoms with Crippen molar-refractivity contribution < 1.29 is 4.79 Å². The molecule has 0 bridgehead atoms. The number of allylic oxidation sites excluding steroid dienone is 2. The van der Waals surface area contributed by atoms with Crippen LogP contribution in [0.4, 0.5) is 0 Å². The number of carbonyl (C=O) groups excluding carboxylic acids is 1. The third-order valence-corrected chi connectivity index (χ3v) is 1.48. The van der Waals surface area contributed by atoms with Crippen LogP contribution < -0.4 is 0 Å². The topological polar surface area (TPSA) is 17.1 Å². The average molecular weight is 145 g/mol. The molecular formula is C10H9O. The molecule has 1 radical (unpaired) electrons. The van der Waals surface area contributed by atoms with E-state index in [0.29, 0.717) is 5.57 Å². The Morgan fingerprint density at radius 2 is 2.00 bits per heavy atom. The van der Waals surface area contributed by atoms with Gasteiger partial charge in [0.1, 0.15) is 0 Å². The summed E-state index contributed by atoms with van der Waals surface area (Å²) >= 11 is 0. The van der Waals surface area contributed by atoms with Crippen molar-refractivity contribution in [3.05, 3.63) is 42.0 Å². The summed E-state index contributed by atoms with van der Waals surface area (Å²) in [7, 11) is 0. The van der Waals surface area contributed by atoms with E-state index in [-0.39, 0.29) is 0 Å². The molecule has 1 aromatic carbocycles. The molecule has 0 aliphatic heterocycles. The lowest BCUT2D eigenvalue weighted by Crippen LogP contribution is -1.82. The normalized spacial score (nSPS) is 11.2.